The van der Waals surface area contributed by atoms with Gasteiger partial charge in [0, 0.05) is 15.1 Å². The van der Waals surface area contributed by atoms with E-state index in [0.29, 0.717) is 16.3 Å². The Morgan fingerprint density at radius 1 is 1.12 bits per heavy atom. The third-order valence-electron chi connectivity index (χ3n) is 2.95. The van der Waals surface area contributed by atoms with Crippen LogP contribution in [0.4, 0.5) is 6.01 Å². The van der Waals surface area contributed by atoms with Crippen LogP contribution in [-0.2, 0) is 4.79 Å². The van der Waals surface area contributed by atoms with Gasteiger partial charge < -0.3 is 9.15 Å². The Hall–Kier alpha value is -2.38. The molecular weight excluding hydrogens is 398 g/mol. The molecule has 0 fully saturated rings. The van der Waals surface area contributed by atoms with Gasteiger partial charge in [-0.25, -0.2) is 0 Å². The first-order chi connectivity index (χ1) is 11.6. The fourth-order valence-corrected chi connectivity index (χ4v) is 2.21. The molecular formula is C16H11BrClN3O3. The Kier molecular flexibility index (Phi) is 5.12. The van der Waals surface area contributed by atoms with Gasteiger partial charge in [0.25, 0.3) is 5.91 Å². The molecule has 0 spiro atoms. The number of halogens is 2. The van der Waals surface area contributed by atoms with Gasteiger partial charge in [0.2, 0.25) is 5.89 Å². The van der Waals surface area contributed by atoms with Crippen molar-refractivity contribution in [1.29, 1.82) is 0 Å². The van der Waals surface area contributed by atoms with Crippen molar-refractivity contribution in [3.05, 3.63) is 58.0 Å². The average Bonchev–Trinajstić information content (AvgIpc) is 3.03. The summed E-state index contributed by atoms with van der Waals surface area (Å²) in [7, 11) is 0. The number of nitrogens with zero attached hydrogens (tertiary/aromatic N) is 2. The molecule has 0 bridgehead atoms. The standard InChI is InChI=1S/C16H11BrClN3O3/c17-11-3-7-13(8-4-11)23-9-14(22)19-16-21-20-15(24-16)10-1-5-12(18)6-2-10/h1-8H,9H2,(H,19,21,22). The van der Waals surface area contributed by atoms with E-state index in [4.69, 9.17) is 20.8 Å². The Balaban J connectivity index is 1.57. The van der Waals surface area contributed by atoms with E-state index in [1.807, 2.05) is 12.1 Å². The Morgan fingerprint density at radius 3 is 2.54 bits per heavy atom. The van der Waals surface area contributed by atoms with Crippen LogP contribution in [0.1, 0.15) is 0 Å². The number of anilines is 1. The molecule has 1 aromatic heterocycles. The summed E-state index contributed by atoms with van der Waals surface area (Å²) in [5.41, 5.74) is 0.707. The molecule has 0 aliphatic carbocycles. The van der Waals surface area contributed by atoms with Crippen molar-refractivity contribution >= 4 is 39.5 Å². The number of amides is 1. The lowest BCUT2D eigenvalue weighted by molar-refractivity contribution is -0.118. The van der Waals surface area contributed by atoms with Crippen molar-refractivity contribution in [3.8, 4) is 17.2 Å². The van der Waals surface area contributed by atoms with E-state index in [2.05, 4.69) is 31.4 Å². The highest BCUT2D eigenvalue weighted by molar-refractivity contribution is 9.10. The number of benzene rings is 2. The SMILES string of the molecule is O=C(COc1ccc(Br)cc1)Nc1nnc(-c2ccc(Cl)cc2)o1. The molecule has 122 valence electrons. The third kappa shape index (κ3) is 4.33. The van der Waals surface area contributed by atoms with Gasteiger partial charge in [-0.05, 0) is 48.5 Å². The Bertz CT molecular complexity index is 835. The number of nitrogens with one attached hydrogen (secondary N) is 1. The maximum Gasteiger partial charge on any atom is 0.322 e. The first-order valence-corrected chi connectivity index (χ1v) is 8.05. The molecule has 3 rings (SSSR count). The molecule has 8 heteroatoms. The average molecular weight is 409 g/mol. The first-order valence-electron chi connectivity index (χ1n) is 6.88. The predicted octanol–water partition coefficient (Wildman–Crippen LogP) is 4.17. The zero-order valence-electron chi connectivity index (χ0n) is 12.2. The smallest absolute Gasteiger partial charge is 0.322 e. The number of aromatic nitrogens is 2. The summed E-state index contributed by atoms with van der Waals surface area (Å²) < 4.78 is 11.7. The van der Waals surface area contributed by atoms with Crippen LogP contribution in [0, 0.1) is 0 Å². The van der Waals surface area contributed by atoms with E-state index in [0.717, 1.165) is 4.47 Å². The topological polar surface area (TPSA) is 77.2 Å². The second-order valence-electron chi connectivity index (χ2n) is 4.71. The third-order valence-corrected chi connectivity index (χ3v) is 3.73. The van der Waals surface area contributed by atoms with Gasteiger partial charge in [-0.15, -0.1) is 5.10 Å². The molecule has 0 saturated carbocycles. The van der Waals surface area contributed by atoms with Gasteiger partial charge in [-0.1, -0.05) is 32.6 Å². The number of carbonyl (C=O) groups excluding carboxylic acids is 1. The fourth-order valence-electron chi connectivity index (χ4n) is 1.82. The summed E-state index contributed by atoms with van der Waals surface area (Å²) in [5, 5.41) is 10.7. The van der Waals surface area contributed by atoms with E-state index in [1.165, 1.54) is 0 Å². The number of hydrogen-bond acceptors (Lipinski definition) is 5. The van der Waals surface area contributed by atoms with E-state index < -0.39 is 5.91 Å². The van der Waals surface area contributed by atoms with Crippen LogP contribution in [0.2, 0.25) is 5.02 Å². The number of rotatable bonds is 5. The van der Waals surface area contributed by atoms with Gasteiger partial charge >= 0.3 is 6.01 Å². The molecule has 24 heavy (non-hydrogen) atoms. The highest BCUT2D eigenvalue weighted by Gasteiger charge is 2.11. The molecule has 0 radical (unpaired) electrons. The normalized spacial score (nSPS) is 10.4. The van der Waals surface area contributed by atoms with E-state index in [-0.39, 0.29) is 18.5 Å². The lowest BCUT2D eigenvalue weighted by atomic mass is 10.2. The van der Waals surface area contributed by atoms with Crippen molar-refractivity contribution in [3.63, 3.8) is 0 Å². The largest absolute Gasteiger partial charge is 0.484 e. The van der Waals surface area contributed by atoms with Crippen molar-refractivity contribution in [2.75, 3.05) is 11.9 Å². The summed E-state index contributed by atoms with van der Waals surface area (Å²) in [6.45, 7) is -0.166. The minimum absolute atomic E-state index is 0.00403. The second kappa shape index (κ2) is 7.46. The molecule has 1 amide bonds. The highest BCUT2D eigenvalue weighted by atomic mass is 79.9. The van der Waals surface area contributed by atoms with Crippen LogP contribution in [0.3, 0.4) is 0 Å². The quantitative estimate of drug-likeness (QED) is 0.685. The summed E-state index contributed by atoms with van der Waals surface area (Å²) in [6, 6.07) is 14.1. The van der Waals surface area contributed by atoms with Gasteiger partial charge in [0.1, 0.15) is 5.75 Å². The first kappa shape index (κ1) is 16.5. The van der Waals surface area contributed by atoms with Crippen molar-refractivity contribution in [1.82, 2.24) is 10.2 Å². The molecule has 0 saturated heterocycles. The minimum Gasteiger partial charge on any atom is -0.484 e. The second-order valence-corrected chi connectivity index (χ2v) is 6.06. The Morgan fingerprint density at radius 2 is 1.83 bits per heavy atom. The number of carbonyl (C=O) groups is 1. The molecule has 2 aromatic carbocycles. The number of hydrogen-bond donors (Lipinski definition) is 1. The number of ether oxygens (including phenoxy) is 1. The van der Waals surface area contributed by atoms with Crippen LogP contribution in [0.15, 0.2) is 57.4 Å². The lowest BCUT2D eigenvalue weighted by Gasteiger charge is -2.05. The zero-order valence-corrected chi connectivity index (χ0v) is 14.5. The van der Waals surface area contributed by atoms with Gasteiger partial charge in [0.15, 0.2) is 6.61 Å². The fraction of sp³-hybridized carbons (Fsp3) is 0.0625. The minimum atomic E-state index is -0.399. The van der Waals surface area contributed by atoms with E-state index in [1.54, 1.807) is 36.4 Å². The van der Waals surface area contributed by atoms with Crippen molar-refractivity contribution < 1.29 is 13.9 Å². The molecule has 1 N–H and O–H groups in total. The molecule has 0 aliphatic rings. The summed E-state index contributed by atoms with van der Waals surface area (Å²) >= 11 is 9.15. The van der Waals surface area contributed by atoms with Crippen LogP contribution in [0.25, 0.3) is 11.5 Å². The van der Waals surface area contributed by atoms with Gasteiger partial charge in [0.05, 0.1) is 0 Å². The summed E-state index contributed by atoms with van der Waals surface area (Å²) in [5.74, 6) is 0.473. The van der Waals surface area contributed by atoms with E-state index in [9.17, 15) is 4.79 Å². The van der Waals surface area contributed by atoms with Crippen LogP contribution >= 0.6 is 27.5 Å². The van der Waals surface area contributed by atoms with Crippen LogP contribution in [0.5, 0.6) is 5.75 Å². The van der Waals surface area contributed by atoms with Crippen LogP contribution in [-0.4, -0.2) is 22.7 Å². The maximum absolute atomic E-state index is 11.9. The molecule has 0 unspecified atom stereocenters. The van der Waals surface area contributed by atoms with Crippen molar-refractivity contribution in [2.45, 2.75) is 0 Å². The molecule has 6 nitrogen and oxygen atoms in total. The molecule has 0 aliphatic heterocycles. The predicted molar refractivity (Wildman–Crippen MR) is 93.0 cm³/mol. The van der Waals surface area contributed by atoms with Gasteiger partial charge in [-0.2, -0.15) is 0 Å². The zero-order chi connectivity index (χ0) is 16.9. The van der Waals surface area contributed by atoms with E-state index >= 15 is 0 Å². The maximum atomic E-state index is 11.9. The summed E-state index contributed by atoms with van der Waals surface area (Å²) in [6.07, 6.45) is 0. The van der Waals surface area contributed by atoms with Gasteiger partial charge in [-0.3, -0.25) is 10.1 Å². The summed E-state index contributed by atoms with van der Waals surface area (Å²) in [4.78, 5) is 11.9. The molecule has 3 aromatic rings. The molecule has 0 atom stereocenters. The Labute approximate surface area is 150 Å². The lowest BCUT2D eigenvalue weighted by Crippen LogP contribution is -2.20. The monoisotopic (exact) mass is 407 g/mol. The highest BCUT2D eigenvalue weighted by Crippen LogP contribution is 2.21. The molecule has 1 heterocycles. The van der Waals surface area contributed by atoms with Crippen LogP contribution < -0.4 is 10.1 Å². The van der Waals surface area contributed by atoms with Crippen molar-refractivity contribution in [2.24, 2.45) is 0 Å².